The summed E-state index contributed by atoms with van der Waals surface area (Å²) in [6, 6.07) is 4.54. The molecule has 0 bridgehead atoms. The topological polar surface area (TPSA) is 75.3 Å². The highest BCUT2D eigenvalue weighted by Crippen LogP contribution is 2.18. The maximum absolute atomic E-state index is 12.0. The number of carbonyl (C=O) groups is 1. The highest BCUT2D eigenvalue weighted by atomic mass is 32.1. The zero-order valence-electron chi connectivity index (χ0n) is 10.6. The van der Waals surface area contributed by atoms with Crippen molar-refractivity contribution < 1.29 is 9.90 Å². The fraction of sp³-hybridized carbons (Fsp3) is 0.385. The van der Waals surface area contributed by atoms with E-state index >= 15 is 0 Å². The standard InChI is InChI=1S/C13H18N2O2S/c1-3-4-10(12(14)18)15-13(17)9-7-8(2)5-6-11(9)16/h5-7,10,16H,3-4H2,1-2H3,(H2,14,18)(H,15,17). The van der Waals surface area contributed by atoms with Crippen LogP contribution in [-0.2, 0) is 0 Å². The van der Waals surface area contributed by atoms with E-state index in [0.29, 0.717) is 6.42 Å². The number of rotatable bonds is 5. The predicted octanol–water partition coefficient (Wildman–Crippen LogP) is 1.89. The summed E-state index contributed by atoms with van der Waals surface area (Å²) in [6.07, 6.45) is 1.55. The third-order valence-electron chi connectivity index (χ3n) is 2.62. The van der Waals surface area contributed by atoms with Crippen molar-refractivity contribution in [3.63, 3.8) is 0 Å². The minimum atomic E-state index is -0.359. The van der Waals surface area contributed by atoms with Crippen molar-refractivity contribution in [2.24, 2.45) is 5.73 Å². The molecule has 0 saturated heterocycles. The SMILES string of the molecule is CCCC(NC(=O)c1cc(C)ccc1O)C(N)=S. The first-order valence-corrected chi connectivity index (χ1v) is 6.26. The van der Waals surface area contributed by atoms with E-state index in [1.807, 2.05) is 13.8 Å². The number of benzene rings is 1. The van der Waals surface area contributed by atoms with Gasteiger partial charge in [-0.25, -0.2) is 0 Å². The minimum Gasteiger partial charge on any atom is -0.507 e. The molecular formula is C13H18N2O2S. The number of phenolic OH excluding ortho intramolecular Hbond substituents is 1. The molecule has 98 valence electrons. The van der Waals surface area contributed by atoms with E-state index in [9.17, 15) is 9.90 Å². The number of thiocarbonyl (C=S) groups is 1. The molecule has 0 spiro atoms. The second-order valence-corrected chi connectivity index (χ2v) is 4.71. The molecule has 0 radical (unpaired) electrons. The van der Waals surface area contributed by atoms with E-state index in [1.165, 1.54) is 6.07 Å². The van der Waals surface area contributed by atoms with Gasteiger partial charge in [0.1, 0.15) is 5.75 Å². The molecule has 4 N–H and O–H groups in total. The van der Waals surface area contributed by atoms with E-state index in [0.717, 1.165) is 12.0 Å². The largest absolute Gasteiger partial charge is 0.507 e. The van der Waals surface area contributed by atoms with E-state index in [-0.39, 0.29) is 28.3 Å². The first kappa shape index (κ1) is 14.4. The van der Waals surface area contributed by atoms with Gasteiger partial charge in [-0.05, 0) is 25.5 Å². The van der Waals surface area contributed by atoms with Gasteiger partial charge >= 0.3 is 0 Å². The summed E-state index contributed by atoms with van der Waals surface area (Å²) in [5.74, 6) is -0.404. The first-order chi connectivity index (χ1) is 8.45. The van der Waals surface area contributed by atoms with Gasteiger partial charge in [-0.2, -0.15) is 0 Å². The van der Waals surface area contributed by atoms with Crippen LogP contribution >= 0.6 is 12.2 Å². The second-order valence-electron chi connectivity index (χ2n) is 4.24. The van der Waals surface area contributed by atoms with E-state index in [1.54, 1.807) is 12.1 Å². The van der Waals surface area contributed by atoms with Gasteiger partial charge in [0.25, 0.3) is 5.91 Å². The van der Waals surface area contributed by atoms with Crippen LogP contribution in [0, 0.1) is 6.92 Å². The van der Waals surface area contributed by atoms with Gasteiger partial charge < -0.3 is 16.2 Å². The zero-order chi connectivity index (χ0) is 13.7. The summed E-state index contributed by atoms with van der Waals surface area (Å²) >= 11 is 4.91. The number of aryl methyl sites for hydroxylation is 1. The van der Waals surface area contributed by atoms with Gasteiger partial charge in [-0.15, -0.1) is 0 Å². The molecule has 0 aliphatic heterocycles. The molecule has 0 aliphatic carbocycles. The fourth-order valence-electron chi connectivity index (χ4n) is 1.64. The third-order valence-corrected chi connectivity index (χ3v) is 2.91. The molecule has 0 aliphatic rings. The first-order valence-electron chi connectivity index (χ1n) is 5.85. The quantitative estimate of drug-likeness (QED) is 0.711. The van der Waals surface area contributed by atoms with Gasteiger partial charge in [0.15, 0.2) is 0 Å². The molecule has 0 heterocycles. The highest BCUT2D eigenvalue weighted by Gasteiger charge is 2.17. The molecule has 1 rings (SSSR count). The molecule has 1 atom stereocenters. The molecule has 0 aromatic heterocycles. The van der Waals surface area contributed by atoms with Crippen molar-refractivity contribution in [3.05, 3.63) is 29.3 Å². The Morgan fingerprint density at radius 1 is 1.56 bits per heavy atom. The van der Waals surface area contributed by atoms with Crippen molar-refractivity contribution in [3.8, 4) is 5.75 Å². The van der Waals surface area contributed by atoms with Gasteiger partial charge in [0.05, 0.1) is 16.6 Å². The minimum absolute atomic E-state index is 0.0451. The van der Waals surface area contributed by atoms with Crippen LogP contribution in [0.1, 0.15) is 35.7 Å². The Balaban J connectivity index is 2.86. The van der Waals surface area contributed by atoms with Crippen LogP contribution in [0.4, 0.5) is 0 Å². The number of carbonyl (C=O) groups excluding carboxylic acids is 1. The monoisotopic (exact) mass is 266 g/mol. The fourth-order valence-corrected chi connectivity index (χ4v) is 1.82. The van der Waals surface area contributed by atoms with E-state index in [2.05, 4.69) is 5.32 Å². The average Bonchev–Trinajstić information content (AvgIpc) is 2.31. The maximum atomic E-state index is 12.0. The van der Waals surface area contributed by atoms with Gasteiger partial charge in [-0.1, -0.05) is 37.2 Å². The van der Waals surface area contributed by atoms with Crippen LogP contribution in [0.5, 0.6) is 5.75 Å². The molecule has 1 aromatic carbocycles. The molecule has 4 nitrogen and oxygen atoms in total. The normalized spacial score (nSPS) is 11.9. The van der Waals surface area contributed by atoms with Crippen molar-refractivity contribution in [2.45, 2.75) is 32.7 Å². The van der Waals surface area contributed by atoms with Crippen LogP contribution in [0.3, 0.4) is 0 Å². The Morgan fingerprint density at radius 2 is 2.22 bits per heavy atom. The van der Waals surface area contributed by atoms with Crippen molar-refractivity contribution in [1.82, 2.24) is 5.32 Å². The average molecular weight is 266 g/mol. The molecular weight excluding hydrogens is 248 g/mol. The van der Waals surface area contributed by atoms with Crippen LogP contribution in [0.2, 0.25) is 0 Å². The lowest BCUT2D eigenvalue weighted by Gasteiger charge is -2.17. The number of nitrogens with one attached hydrogen (secondary N) is 1. The zero-order valence-corrected chi connectivity index (χ0v) is 11.4. The Bertz CT molecular complexity index is 460. The van der Waals surface area contributed by atoms with Crippen molar-refractivity contribution >= 4 is 23.1 Å². The molecule has 1 aromatic rings. The van der Waals surface area contributed by atoms with E-state index < -0.39 is 0 Å². The summed E-state index contributed by atoms with van der Waals surface area (Å²) in [5.41, 5.74) is 6.72. The van der Waals surface area contributed by atoms with E-state index in [4.69, 9.17) is 18.0 Å². The van der Waals surface area contributed by atoms with Crippen LogP contribution in [0.15, 0.2) is 18.2 Å². The van der Waals surface area contributed by atoms with Crippen LogP contribution < -0.4 is 11.1 Å². The lowest BCUT2D eigenvalue weighted by molar-refractivity contribution is 0.0943. The summed E-state index contributed by atoms with van der Waals surface area (Å²) in [7, 11) is 0. The van der Waals surface area contributed by atoms with Gasteiger partial charge in [0, 0.05) is 0 Å². The predicted molar refractivity (Wildman–Crippen MR) is 75.8 cm³/mol. The number of nitrogens with two attached hydrogens (primary N) is 1. The van der Waals surface area contributed by atoms with Crippen molar-refractivity contribution in [1.29, 1.82) is 0 Å². The maximum Gasteiger partial charge on any atom is 0.255 e. The molecule has 0 fully saturated rings. The summed E-state index contributed by atoms with van der Waals surface area (Å²) in [4.78, 5) is 12.3. The second kappa shape index (κ2) is 6.35. The molecule has 18 heavy (non-hydrogen) atoms. The van der Waals surface area contributed by atoms with Crippen LogP contribution in [0.25, 0.3) is 0 Å². The van der Waals surface area contributed by atoms with Gasteiger partial charge in [0.2, 0.25) is 0 Å². The Hall–Kier alpha value is -1.62. The Morgan fingerprint density at radius 3 is 2.78 bits per heavy atom. The third kappa shape index (κ3) is 3.70. The smallest absolute Gasteiger partial charge is 0.255 e. The summed E-state index contributed by atoms with van der Waals surface area (Å²) in [5, 5.41) is 12.4. The Labute approximate surface area is 112 Å². The Kier molecular flexibility index (Phi) is 5.09. The molecule has 5 heteroatoms. The lowest BCUT2D eigenvalue weighted by Crippen LogP contribution is -2.43. The number of hydrogen-bond donors (Lipinski definition) is 3. The lowest BCUT2D eigenvalue weighted by atomic mass is 10.1. The number of aromatic hydroxyl groups is 1. The summed E-state index contributed by atoms with van der Waals surface area (Å²) in [6.45, 7) is 3.84. The molecule has 0 saturated carbocycles. The summed E-state index contributed by atoms with van der Waals surface area (Å²) < 4.78 is 0. The molecule has 1 unspecified atom stereocenters. The number of hydrogen-bond acceptors (Lipinski definition) is 3. The van der Waals surface area contributed by atoms with Crippen LogP contribution in [-0.4, -0.2) is 22.0 Å². The highest BCUT2D eigenvalue weighted by molar-refractivity contribution is 7.80. The molecule has 1 amide bonds. The van der Waals surface area contributed by atoms with Crippen molar-refractivity contribution in [2.75, 3.05) is 0 Å². The van der Waals surface area contributed by atoms with Gasteiger partial charge in [-0.3, -0.25) is 4.79 Å². The number of amides is 1. The number of phenols is 1.